The Hall–Kier alpha value is -2.41. The summed E-state index contributed by atoms with van der Waals surface area (Å²) in [7, 11) is 0. The van der Waals surface area contributed by atoms with Crippen molar-refractivity contribution in [1.29, 1.82) is 5.26 Å². The number of esters is 1. The zero-order chi connectivity index (χ0) is 14.3. The van der Waals surface area contributed by atoms with Gasteiger partial charge in [0.15, 0.2) is 5.78 Å². The first kappa shape index (κ1) is 14.7. The number of ketones is 1. The van der Waals surface area contributed by atoms with Gasteiger partial charge in [-0.2, -0.15) is 5.26 Å². The number of hydrogen-bond acceptors (Lipinski definition) is 4. The molecule has 1 aromatic carbocycles. The van der Waals surface area contributed by atoms with Gasteiger partial charge in [0.05, 0.1) is 18.2 Å². The monoisotopic (exact) mass is 257 g/mol. The van der Waals surface area contributed by atoms with Crippen LogP contribution in [-0.4, -0.2) is 18.4 Å². The van der Waals surface area contributed by atoms with E-state index in [0.29, 0.717) is 11.1 Å². The van der Waals surface area contributed by atoms with Crippen molar-refractivity contribution in [3.8, 4) is 6.07 Å². The summed E-state index contributed by atoms with van der Waals surface area (Å²) >= 11 is 0. The lowest BCUT2D eigenvalue weighted by Gasteiger charge is -2.00. The maximum atomic E-state index is 11.5. The van der Waals surface area contributed by atoms with Gasteiger partial charge in [-0.3, -0.25) is 9.59 Å². The molecule has 4 nitrogen and oxygen atoms in total. The summed E-state index contributed by atoms with van der Waals surface area (Å²) in [6.07, 6.45) is 2.56. The van der Waals surface area contributed by atoms with Crippen LogP contribution >= 0.6 is 0 Å². The number of rotatable bonds is 5. The molecular weight excluding hydrogens is 242 g/mol. The van der Waals surface area contributed by atoms with Crippen LogP contribution in [-0.2, 0) is 14.3 Å². The maximum absolute atomic E-state index is 11.5. The van der Waals surface area contributed by atoms with Crippen LogP contribution in [0.3, 0.4) is 0 Å². The zero-order valence-corrected chi connectivity index (χ0v) is 11.0. The average molecular weight is 257 g/mol. The summed E-state index contributed by atoms with van der Waals surface area (Å²) < 4.78 is 4.68. The molecule has 0 heterocycles. The number of aryl methyl sites for hydroxylation is 1. The number of ether oxygens (including phenoxy) is 1. The average Bonchev–Trinajstić information content (AvgIpc) is 2.37. The smallest absolute Gasteiger partial charge is 0.313 e. The van der Waals surface area contributed by atoms with E-state index in [0.717, 1.165) is 5.56 Å². The van der Waals surface area contributed by atoms with Crippen molar-refractivity contribution >= 4 is 17.8 Å². The van der Waals surface area contributed by atoms with Gasteiger partial charge in [0.1, 0.15) is 6.42 Å². The molecule has 0 saturated heterocycles. The zero-order valence-electron chi connectivity index (χ0n) is 11.0. The van der Waals surface area contributed by atoms with Crippen molar-refractivity contribution in [3.05, 3.63) is 41.0 Å². The van der Waals surface area contributed by atoms with Crippen LogP contribution in [0.15, 0.2) is 24.3 Å². The molecule has 19 heavy (non-hydrogen) atoms. The number of carbonyl (C=O) groups is 2. The van der Waals surface area contributed by atoms with Crippen molar-refractivity contribution in [2.45, 2.75) is 20.3 Å². The molecule has 1 aromatic rings. The van der Waals surface area contributed by atoms with Crippen LogP contribution in [0.4, 0.5) is 0 Å². The summed E-state index contributed by atoms with van der Waals surface area (Å²) in [6, 6.07) is 7.44. The number of hydrogen-bond donors (Lipinski definition) is 0. The van der Waals surface area contributed by atoms with Crippen molar-refractivity contribution in [2.24, 2.45) is 0 Å². The second kappa shape index (κ2) is 7.12. The van der Waals surface area contributed by atoms with Gasteiger partial charge in [0.25, 0.3) is 0 Å². The third-order valence-corrected chi connectivity index (χ3v) is 2.40. The van der Waals surface area contributed by atoms with Crippen LogP contribution in [0.2, 0.25) is 0 Å². The normalized spacial score (nSPS) is 10.2. The largest absolute Gasteiger partial charge is 0.466 e. The minimum Gasteiger partial charge on any atom is -0.466 e. The summed E-state index contributed by atoms with van der Waals surface area (Å²) in [5.41, 5.74) is 2.14. The Balaban J connectivity index is 2.74. The standard InChI is InChI=1S/C15H15NO3/c1-3-19-15(18)9-14(17)7-6-12-5-4-11(2)8-13(12)10-16/h4-8H,3,9H2,1-2H3. The van der Waals surface area contributed by atoms with E-state index in [2.05, 4.69) is 10.8 Å². The molecule has 0 aliphatic heterocycles. The Morgan fingerprint density at radius 1 is 1.42 bits per heavy atom. The Morgan fingerprint density at radius 3 is 2.79 bits per heavy atom. The highest BCUT2D eigenvalue weighted by molar-refractivity contribution is 6.04. The highest BCUT2D eigenvalue weighted by Crippen LogP contribution is 2.12. The van der Waals surface area contributed by atoms with Crippen molar-refractivity contribution in [3.63, 3.8) is 0 Å². The number of nitriles is 1. The maximum Gasteiger partial charge on any atom is 0.313 e. The third-order valence-electron chi connectivity index (χ3n) is 2.40. The van der Waals surface area contributed by atoms with Gasteiger partial charge < -0.3 is 4.74 Å². The molecule has 0 atom stereocenters. The van der Waals surface area contributed by atoms with Crippen LogP contribution < -0.4 is 0 Å². The van der Waals surface area contributed by atoms with Crippen LogP contribution in [0.5, 0.6) is 0 Å². The fourth-order valence-corrected chi connectivity index (χ4v) is 1.51. The second-order valence-electron chi connectivity index (χ2n) is 3.98. The number of benzene rings is 1. The molecule has 0 unspecified atom stereocenters. The molecule has 4 heteroatoms. The van der Waals surface area contributed by atoms with E-state index >= 15 is 0 Å². The summed E-state index contributed by atoms with van der Waals surface area (Å²) in [6.45, 7) is 3.83. The van der Waals surface area contributed by atoms with E-state index in [4.69, 9.17) is 5.26 Å². The first-order chi connectivity index (χ1) is 9.06. The van der Waals surface area contributed by atoms with Gasteiger partial charge in [-0.15, -0.1) is 0 Å². The fraction of sp³-hybridized carbons (Fsp3) is 0.267. The SMILES string of the molecule is CCOC(=O)CC(=O)C=Cc1ccc(C)cc1C#N. The fourth-order valence-electron chi connectivity index (χ4n) is 1.51. The van der Waals surface area contributed by atoms with Gasteiger partial charge in [-0.05, 0) is 37.1 Å². The molecule has 0 aliphatic rings. The predicted octanol–water partition coefficient (Wildman–Crippen LogP) is 2.40. The summed E-state index contributed by atoms with van der Waals surface area (Å²) in [5.74, 6) is -0.885. The molecule has 0 N–H and O–H groups in total. The molecule has 0 spiro atoms. The lowest BCUT2D eigenvalue weighted by molar-refractivity contribution is -0.144. The quantitative estimate of drug-likeness (QED) is 0.461. The first-order valence-corrected chi connectivity index (χ1v) is 5.94. The minimum atomic E-state index is -0.540. The molecule has 0 saturated carbocycles. The number of nitrogens with zero attached hydrogens (tertiary/aromatic N) is 1. The van der Waals surface area contributed by atoms with E-state index in [1.54, 1.807) is 25.1 Å². The van der Waals surface area contributed by atoms with E-state index < -0.39 is 5.97 Å². The highest BCUT2D eigenvalue weighted by Gasteiger charge is 2.07. The van der Waals surface area contributed by atoms with E-state index in [-0.39, 0.29) is 18.8 Å². The Morgan fingerprint density at radius 2 is 2.16 bits per heavy atom. The molecule has 1 rings (SSSR count). The van der Waals surface area contributed by atoms with Gasteiger partial charge in [-0.25, -0.2) is 0 Å². The number of carbonyl (C=O) groups excluding carboxylic acids is 2. The molecule has 0 bridgehead atoms. The predicted molar refractivity (Wildman–Crippen MR) is 71.2 cm³/mol. The molecule has 0 radical (unpaired) electrons. The lowest BCUT2D eigenvalue weighted by atomic mass is 10.0. The molecule has 98 valence electrons. The van der Waals surface area contributed by atoms with Crippen LogP contribution in [0.1, 0.15) is 30.0 Å². The first-order valence-electron chi connectivity index (χ1n) is 5.94. The highest BCUT2D eigenvalue weighted by atomic mass is 16.5. The van der Waals surface area contributed by atoms with Crippen LogP contribution in [0.25, 0.3) is 6.08 Å². The van der Waals surface area contributed by atoms with Crippen LogP contribution in [0, 0.1) is 18.3 Å². The Kier molecular flexibility index (Phi) is 5.49. The van der Waals surface area contributed by atoms with E-state index in [1.165, 1.54) is 6.08 Å². The van der Waals surface area contributed by atoms with Gasteiger partial charge in [0.2, 0.25) is 0 Å². The Bertz CT molecular complexity index is 553. The third kappa shape index (κ3) is 4.76. The van der Waals surface area contributed by atoms with Crippen molar-refractivity contribution in [2.75, 3.05) is 6.61 Å². The molecule has 0 aromatic heterocycles. The van der Waals surface area contributed by atoms with Gasteiger partial charge in [-0.1, -0.05) is 18.2 Å². The minimum absolute atomic E-state index is 0.256. The second-order valence-corrected chi connectivity index (χ2v) is 3.98. The summed E-state index contributed by atoms with van der Waals surface area (Å²) in [5, 5.41) is 8.98. The van der Waals surface area contributed by atoms with E-state index in [9.17, 15) is 9.59 Å². The molecule has 0 aliphatic carbocycles. The summed E-state index contributed by atoms with van der Waals surface area (Å²) in [4.78, 5) is 22.6. The van der Waals surface area contributed by atoms with Crippen molar-refractivity contribution < 1.29 is 14.3 Å². The molecular formula is C15H15NO3. The molecule has 0 fully saturated rings. The van der Waals surface area contributed by atoms with Crippen molar-refractivity contribution in [1.82, 2.24) is 0 Å². The lowest BCUT2D eigenvalue weighted by Crippen LogP contribution is -2.09. The van der Waals surface area contributed by atoms with E-state index in [1.807, 2.05) is 13.0 Å². The van der Waals surface area contributed by atoms with Gasteiger partial charge >= 0.3 is 5.97 Å². The Labute approximate surface area is 112 Å². The van der Waals surface area contributed by atoms with Gasteiger partial charge in [0, 0.05) is 0 Å². The topological polar surface area (TPSA) is 67.2 Å². The number of allylic oxidation sites excluding steroid dienone is 1. The molecule has 0 amide bonds.